The van der Waals surface area contributed by atoms with E-state index in [-0.39, 0.29) is 0 Å². The van der Waals surface area contributed by atoms with Crippen molar-refractivity contribution in [3.05, 3.63) is 340 Å². The molecule has 0 aliphatic heterocycles. The molecule has 6 heterocycles. The predicted octanol–water partition coefficient (Wildman–Crippen LogP) is 18.1. The van der Waals surface area contributed by atoms with Crippen LogP contribution in [-0.2, 0) is 0 Å². The minimum atomic E-state index is -3.16. The smallest absolute Gasteiger partial charge is 0.220 e. The maximum atomic E-state index is 5.20. The van der Waals surface area contributed by atoms with Crippen LogP contribution in [0, 0.1) is 0 Å². The third kappa shape index (κ3) is 7.88. The minimum Gasteiger partial charge on any atom is -0.309 e. The van der Waals surface area contributed by atoms with E-state index in [0.717, 1.165) is 123 Å². The van der Waals surface area contributed by atoms with E-state index in [1.54, 1.807) is 0 Å². The molecule has 0 spiro atoms. The van der Waals surface area contributed by atoms with Crippen LogP contribution in [0.1, 0.15) is 0 Å². The maximum Gasteiger partial charge on any atom is 0.220 e. The number of hydrogen-bond acceptors (Lipinski definition) is 2. The standard InChI is InChI=1S/C86H56N8Si/c1-5-23-61(24-6-1)91-81-49-45-59(53-83(81)93-79-41-19-15-37-73(79)87-85(91)93)57-43-47-77-71(51-57)69-35-13-17-39-75(69)89(77)63-27-21-33-67(55-63)95(65-29-9-3-10-30-65,66-31-11-4-12-32-66)68-34-22-28-64(56-68)90-76-40-18-14-36-70(76)72-52-58(44-48-78(72)90)60-46-50-82-84(54-60)94-80-42-20-16-38-74(80)88-86(94)92(82)62-25-7-2-8-26-62/h1-56H. The van der Waals surface area contributed by atoms with E-state index in [9.17, 15) is 0 Å². The molecule has 0 saturated carbocycles. The molecule has 0 saturated heterocycles. The van der Waals surface area contributed by atoms with Crippen molar-refractivity contribution < 1.29 is 0 Å². The lowest BCUT2D eigenvalue weighted by Gasteiger charge is -2.35. The Morgan fingerprint density at radius 2 is 0.526 bits per heavy atom. The summed E-state index contributed by atoms with van der Waals surface area (Å²) in [6.07, 6.45) is 0. The molecule has 0 aliphatic rings. The molecule has 95 heavy (non-hydrogen) atoms. The van der Waals surface area contributed by atoms with E-state index in [1.807, 2.05) is 0 Å². The van der Waals surface area contributed by atoms with E-state index in [4.69, 9.17) is 9.97 Å². The first kappa shape index (κ1) is 53.1. The lowest BCUT2D eigenvalue weighted by atomic mass is 10.0. The zero-order valence-electron chi connectivity index (χ0n) is 51.4. The van der Waals surface area contributed by atoms with E-state index in [1.165, 1.54) is 42.3 Å². The lowest BCUT2D eigenvalue weighted by molar-refractivity contribution is 1.11. The van der Waals surface area contributed by atoms with Crippen molar-refractivity contribution in [1.29, 1.82) is 0 Å². The number of hydrogen-bond donors (Lipinski definition) is 0. The quantitative estimate of drug-likeness (QED) is 0.101. The van der Waals surface area contributed by atoms with Gasteiger partial charge in [-0.1, -0.05) is 206 Å². The van der Waals surface area contributed by atoms with Crippen molar-refractivity contribution in [3.63, 3.8) is 0 Å². The largest absolute Gasteiger partial charge is 0.309 e. The molecule has 0 fully saturated rings. The lowest BCUT2D eigenvalue weighted by Crippen LogP contribution is -2.74. The Labute approximate surface area is 546 Å². The molecule has 6 aromatic heterocycles. The van der Waals surface area contributed by atoms with Crippen molar-refractivity contribution in [2.24, 2.45) is 0 Å². The monoisotopic (exact) mass is 1230 g/mol. The van der Waals surface area contributed by atoms with Crippen LogP contribution in [0.3, 0.4) is 0 Å². The number of benzene rings is 14. The molecule has 0 bridgehead atoms. The fourth-order valence-corrected chi connectivity index (χ4v) is 20.6. The van der Waals surface area contributed by atoms with Gasteiger partial charge in [0.25, 0.3) is 0 Å². The van der Waals surface area contributed by atoms with Gasteiger partial charge in [0.2, 0.25) is 11.6 Å². The Morgan fingerprint density at radius 3 is 0.958 bits per heavy atom. The molecule has 0 N–H and O–H groups in total. The first-order valence-electron chi connectivity index (χ1n) is 32.5. The van der Waals surface area contributed by atoms with Crippen molar-refractivity contribution in [2.45, 2.75) is 0 Å². The second-order valence-electron chi connectivity index (χ2n) is 25.0. The number of para-hydroxylation sites is 8. The zero-order chi connectivity index (χ0) is 62.3. The average Bonchev–Trinajstić information content (AvgIpc) is 1.68. The summed E-state index contributed by atoms with van der Waals surface area (Å²) >= 11 is 0. The molecule has 0 aliphatic carbocycles. The summed E-state index contributed by atoms with van der Waals surface area (Å²) in [5.74, 6) is 1.80. The number of rotatable bonds is 10. The van der Waals surface area contributed by atoms with Crippen molar-refractivity contribution in [1.82, 2.24) is 37.0 Å². The third-order valence-electron chi connectivity index (χ3n) is 19.9. The fourth-order valence-electron chi connectivity index (χ4n) is 15.8. The van der Waals surface area contributed by atoms with Crippen LogP contribution in [-0.4, -0.2) is 45.1 Å². The molecule has 20 aromatic rings. The Bertz CT molecular complexity index is 6070. The van der Waals surface area contributed by atoms with Crippen LogP contribution >= 0.6 is 0 Å². The number of fused-ring (bicyclic) bond motifs is 16. The SMILES string of the molecule is c1ccc(-n2c3ccc(-c4ccc5c(c4)c4ccccc4n5-c4cccc([Si](c5ccccc5)(c5ccccc5)c5cccc(-n6c7ccccc7c7cc(-c8ccc9c(c8)n8c%10ccccc%10nc8n9-c8ccccc8)ccc76)c5)c4)cc3n3c4ccccc4nc23)cc1. The molecule has 9 heteroatoms. The molecule has 8 nitrogen and oxygen atoms in total. The highest BCUT2D eigenvalue weighted by Crippen LogP contribution is 2.40. The van der Waals surface area contributed by atoms with Gasteiger partial charge in [-0.15, -0.1) is 0 Å². The van der Waals surface area contributed by atoms with Crippen LogP contribution in [0.15, 0.2) is 340 Å². The van der Waals surface area contributed by atoms with Gasteiger partial charge in [-0.25, -0.2) is 9.97 Å². The fraction of sp³-hybridized carbons (Fsp3) is 0. The molecular weight excluding hydrogens is 1170 g/mol. The third-order valence-corrected chi connectivity index (χ3v) is 24.7. The number of aromatic nitrogens is 8. The average molecular weight is 1230 g/mol. The van der Waals surface area contributed by atoms with E-state index < -0.39 is 8.07 Å². The molecule has 0 amide bonds. The van der Waals surface area contributed by atoms with Crippen LogP contribution in [0.5, 0.6) is 0 Å². The van der Waals surface area contributed by atoms with Gasteiger partial charge in [0.1, 0.15) is 0 Å². The Hall–Kier alpha value is -12.6. The second kappa shape index (κ2) is 20.7. The molecule has 0 atom stereocenters. The predicted molar refractivity (Wildman–Crippen MR) is 396 cm³/mol. The Balaban J connectivity index is 0.734. The van der Waals surface area contributed by atoms with Crippen LogP contribution in [0.2, 0.25) is 0 Å². The van der Waals surface area contributed by atoms with Gasteiger partial charge in [-0.05, 0) is 176 Å². The summed E-state index contributed by atoms with van der Waals surface area (Å²) in [5.41, 5.74) is 22.2. The summed E-state index contributed by atoms with van der Waals surface area (Å²) in [6.45, 7) is 0. The number of nitrogens with zero attached hydrogens (tertiary/aromatic N) is 8. The van der Waals surface area contributed by atoms with Crippen LogP contribution < -0.4 is 20.7 Å². The van der Waals surface area contributed by atoms with Crippen LogP contribution in [0.4, 0.5) is 0 Å². The zero-order valence-corrected chi connectivity index (χ0v) is 52.4. The summed E-state index contributed by atoms with van der Waals surface area (Å²) in [6, 6.07) is 125. The molecule has 444 valence electrons. The summed E-state index contributed by atoms with van der Waals surface area (Å²) in [4.78, 5) is 10.4. The van der Waals surface area contributed by atoms with Crippen molar-refractivity contribution >= 4 is 128 Å². The first-order chi connectivity index (χ1) is 47.1. The van der Waals surface area contributed by atoms with Gasteiger partial charge < -0.3 is 9.13 Å². The normalized spacial score (nSPS) is 12.2. The van der Waals surface area contributed by atoms with Gasteiger partial charge in [0, 0.05) is 44.3 Å². The van der Waals surface area contributed by atoms with Gasteiger partial charge >= 0.3 is 0 Å². The highest BCUT2D eigenvalue weighted by molar-refractivity contribution is 7.20. The molecule has 20 rings (SSSR count). The highest BCUT2D eigenvalue weighted by atomic mass is 28.3. The van der Waals surface area contributed by atoms with Gasteiger partial charge in [0.15, 0.2) is 8.07 Å². The van der Waals surface area contributed by atoms with Gasteiger partial charge in [0.05, 0.1) is 66.2 Å². The Morgan fingerprint density at radius 1 is 0.200 bits per heavy atom. The van der Waals surface area contributed by atoms with Crippen molar-refractivity contribution in [3.8, 4) is 45.0 Å². The molecule has 14 aromatic carbocycles. The van der Waals surface area contributed by atoms with Crippen molar-refractivity contribution in [2.75, 3.05) is 0 Å². The minimum absolute atomic E-state index is 0.898. The topological polar surface area (TPSA) is 54.3 Å². The summed E-state index contributed by atoms with van der Waals surface area (Å²) in [7, 11) is -3.16. The van der Waals surface area contributed by atoms with E-state index >= 15 is 0 Å². The summed E-state index contributed by atoms with van der Waals surface area (Å²) in [5, 5.41) is 10.0. The molecule has 0 radical (unpaired) electrons. The van der Waals surface area contributed by atoms with E-state index in [2.05, 4.69) is 367 Å². The molecular formula is C86H56N8Si. The van der Waals surface area contributed by atoms with Crippen LogP contribution in [0.25, 0.3) is 144 Å². The number of imidazole rings is 4. The highest BCUT2D eigenvalue weighted by Gasteiger charge is 2.42. The Kier molecular flexibility index (Phi) is 11.6. The maximum absolute atomic E-state index is 5.20. The first-order valence-corrected chi connectivity index (χ1v) is 34.5. The van der Waals surface area contributed by atoms with Gasteiger partial charge in [-0.2, -0.15) is 0 Å². The molecule has 0 unspecified atom stereocenters. The van der Waals surface area contributed by atoms with Gasteiger partial charge in [-0.3, -0.25) is 17.9 Å². The summed E-state index contributed by atoms with van der Waals surface area (Å²) < 4.78 is 14.2. The second-order valence-corrected chi connectivity index (χ2v) is 28.8. The van der Waals surface area contributed by atoms with E-state index in [0.29, 0.717) is 0 Å².